The van der Waals surface area contributed by atoms with E-state index in [9.17, 15) is 4.79 Å². The van der Waals surface area contributed by atoms with Crippen LogP contribution in [0.15, 0.2) is 24.3 Å². The van der Waals surface area contributed by atoms with Crippen molar-refractivity contribution in [2.45, 2.75) is 32.2 Å². The number of rotatable bonds is 7. The van der Waals surface area contributed by atoms with Gasteiger partial charge >= 0.3 is 5.97 Å². The van der Waals surface area contributed by atoms with Gasteiger partial charge in [0.1, 0.15) is 11.8 Å². The number of carbonyl (C=O) groups is 1. The Morgan fingerprint density at radius 1 is 1.39 bits per heavy atom. The summed E-state index contributed by atoms with van der Waals surface area (Å²) in [6, 6.07) is 5.40. The molecule has 0 radical (unpaired) electrons. The highest BCUT2D eigenvalue weighted by Gasteiger charge is 2.18. The lowest BCUT2D eigenvalue weighted by Gasteiger charge is -2.22. The summed E-state index contributed by atoms with van der Waals surface area (Å²) in [6.45, 7) is 2.46. The van der Waals surface area contributed by atoms with Crippen molar-refractivity contribution in [3.05, 3.63) is 35.4 Å². The Hall–Kier alpha value is -1.85. The highest BCUT2D eigenvalue weighted by atomic mass is 16.7. The Balaban J connectivity index is 2.10. The number of hydrogen-bond donors (Lipinski definition) is 1. The third-order valence-corrected chi connectivity index (χ3v) is 3.85. The molecule has 0 aromatic heterocycles. The molecular formula is C18H26N2O3. The van der Waals surface area contributed by atoms with E-state index in [1.54, 1.807) is 6.92 Å². The maximum Gasteiger partial charge on any atom is 0.325 e. The normalized spacial score (nSPS) is 14.9. The fourth-order valence-corrected chi connectivity index (χ4v) is 2.63. The topological polar surface area (TPSA) is 64.8 Å². The molecule has 0 aliphatic heterocycles. The Kier molecular flexibility index (Phi) is 6.19. The van der Waals surface area contributed by atoms with Gasteiger partial charge in [0.2, 0.25) is 6.79 Å². The molecule has 0 saturated carbocycles. The zero-order chi connectivity index (χ0) is 16.8. The number of hydrogen-bond acceptors (Lipinski definition) is 5. The highest BCUT2D eigenvalue weighted by molar-refractivity contribution is 5.75. The number of carbonyl (C=O) groups excluding carboxylic acids is 1. The monoisotopic (exact) mass is 318 g/mol. The van der Waals surface area contributed by atoms with Gasteiger partial charge in [-0.1, -0.05) is 18.2 Å². The predicted molar refractivity (Wildman–Crippen MR) is 91.1 cm³/mol. The van der Waals surface area contributed by atoms with Crippen LogP contribution < -0.4 is 10.5 Å². The molecule has 0 fully saturated rings. The SMILES string of the molecule is C[C@H](N)C(=O)OCOc1cccc2c1C(CCN(C)C)=CCC2. The van der Waals surface area contributed by atoms with Crippen LogP contribution in [0, 0.1) is 0 Å². The maximum atomic E-state index is 11.4. The Bertz CT molecular complexity index is 580. The number of ether oxygens (including phenoxy) is 2. The summed E-state index contributed by atoms with van der Waals surface area (Å²) < 4.78 is 10.7. The first-order chi connectivity index (χ1) is 11.0. The molecule has 126 valence electrons. The van der Waals surface area contributed by atoms with E-state index >= 15 is 0 Å². The lowest BCUT2D eigenvalue weighted by Crippen LogP contribution is -2.29. The van der Waals surface area contributed by atoms with E-state index < -0.39 is 12.0 Å². The Labute approximate surface area is 138 Å². The smallest absolute Gasteiger partial charge is 0.325 e. The van der Waals surface area contributed by atoms with Gasteiger partial charge in [-0.3, -0.25) is 4.79 Å². The van der Waals surface area contributed by atoms with Crippen molar-refractivity contribution in [3.63, 3.8) is 0 Å². The van der Waals surface area contributed by atoms with Gasteiger partial charge in [0.25, 0.3) is 0 Å². The Morgan fingerprint density at radius 2 is 2.17 bits per heavy atom. The molecule has 1 aromatic rings. The minimum Gasteiger partial charge on any atom is -0.457 e. The van der Waals surface area contributed by atoms with Gasteiger partial charge in [0, 0.05) is 12.1 Å². The van der Waals surface area contributed by atoms with Crippen LogP contribution in [0.4, 0.5) is 0 Å². The van der Waals surface area contributed by atoms with Crippen LogP contribution in [0.3, 0.4) is 0 Å². The van der Waals surface area contributed by atoms with Gasteiger partial charge in [-0.2, -0.15) is 0 Å². The number of fused-ring (bicyclic) bond motifs is 1. The third-order valence-electron chi connectivity index (χ3n) is 3.85. The van der Waals surface area contributed by atoms with Crippen LogP contribution in [0.5, 0.6) is 5.75 Å². The van der Waals surface area contributed by atoms with E-state index in [0.29, 0.717) is 0 Å². The van der Waals surface area contributed by atoms with E-state index in [1.165, 1.54) is 11.1 Å². The van der Waals surface area contributed by atoms with Crippen molar-refractivity contribution in [3.8, 4) is 5.75 Å². The molecule has 1 aliphatic carbocycles. The summed E-state index contributed by atoms with van der Waals surface area (Å²) in [4.78, 5) is 13.6. The number of esters is 1. The van der Waals surface area contributed by atoms with Crippen molar-refractivity contribution < 1.29 is 14.3 Å². The van der Waals surface area contributed by atoms with E-state index in [4.69, 9.17) is 15.2 Å². The molecule has 0 saturated heterocycles. The standard InChI is InChI=1S/C18H26N2O3/c1-13(19)18(21)23-12-22-16-9-5-8-14-6-4-7-15(17(14)16)10-11-20(2)3/h5,7-9,13H,4,6,10-12,19H2,1-3H3/t13-/m0/s1. The van der Waals surface area contributed by atoms with Crippen LogP contribution in [0.2, 0.25) is 0 Å². The Morgan fingerprint density at radius 3 is 2.87 bits per heavy atom. The zero-order valence-corrected chi connectivity index (χ0v) is 14.2. The molecule has 0 amide bonds. The molecule has 5 nitrogen and oxygen atoms in total. The second-order valence-electron chi connectivity index (χ2n) is 6.13. The lowest BCUT2D eigenvalue weighted by atomic mass is 9.88. The van der Waals surface area contributed by atoms with E-state index in [0.717, 1.165) is 37.1 Å². The van der Waals surface area contributed by atoms with E-state index in [1.807, 2.05) is 12.1 Å². The summed E-state index contributed by atoms with van der Waals surface area (Å²) in [7, 11) is 4.14. The van der Waals surface area contributed by atoms with Crippen molar-refractivity contribution in [2.24, 2.45) is 5.73 Å². The first-order valence-corrected chi connectivity index (χ1v) is 8.00. The van der Waals surface area contributed by atoms with Gasteiger partial charge in [-0.25, -0.2) is 0 Å². The number of nitrogens with two attached hydrogens (primary N) is 1. The summed E-state index contributed by atoms with van der Waals surface area (Å²) in [5, 5.41) is 0. The molecular weight excluding hydrogens is 292 g/mol. The van der Waals surface area contributed by atoms with Gasteiger partial charge in [0.05, 0.1) is 0 Å². The lowest BCUT2D eigenvalue weighted by molar-refractivity contribution is -0.151. The van der Waals surface area contributed by atoms with Crippen molar-refractivity contribution in [1.82, 2.24) is 4.90 Å². The fraction of sp³-hybridized carbons (Fsp3) is 0.500. The molecule has 5 heteroatoms. The fourth-order valence-electron chi connectivity index (χ4n) is 2.63. The number of aryl methyl sites for hydroxylation is 1. The molecule has 1 aliphatic rings. The average molecular weight is 318 g/mol. The predicted octanol–water partition coefficient (Wildman–Crippen LogP) is 2.19. The first-order valence-electron chi connectivity index (χ1n) is 8.00. The molecule has 23 heavy (non-hydrogen) atoms. The summed E-state index contributed by atoms with van der Waals surface area (Å²) in [5.74, 6) is 0.308. The maximum absolute atomic E-state index is 11.4. The van der Waals surface area contributed by atoms with Gasteiger partial charge in [0.15, 0.2) is 0 Å². The second-order valence-corrected chi connectivity index (χ2v) is 6.13. The molecule has 0 bridgehead atoms. The largest absolute Gasteiger partial charge is 0.457 e. The van der Waals surface area contributed by atoms with Crippen LogP contribution in [0.1, 0.15) is 30.9 Å². The second kappa shape index (κ2) is 8.13. The van der Waals surface area contributed by atoms with Gasteiger partial charge in [-0.05, 0) is 57.5 Å². The number of benzene rings is 1. The molecule has 2 N–H and O–H groups in total. The molecule has 0 unspecified atom stereocenters. The van der Waals surface area contributed by atoms with Crippen molar-refractivity contribution >= 4 is 11.5 Å². The molecule has 2 rings (SSSR count). The summed E-state index contributed by atoms with van der Waals surface area (Å²) in [5.41, 5.74) is 9.21. The molecule has 0 heterocycles. The van der Waals surface area contributed by atoms with Gasteiger partial charge < -0.3 is 20.1 Å². The highest BCUT2D eigenvalue weighted by Crippen LogP contribution is 2.36. The first kappa shape index (κ1) is 17.5. The van der Waals surface area contributed by atoms with Crippen LogP contribution in [-0.2, 0) is 16.0 Å². The average Bonchev–Trinajstić information content (AvgIpc) is 2.52. The number of nitrogens with zero attached hydrogens (tertiary/aromatic N) is 1. The zero-order valence-electron chi connectivity index (χ0n) is 14.2. The van der Waals surface area contributed by atoms with Gasteiger partial charge in [-0.15, -0.1) is 0 Å². The van der Waals surface area contributed by atoms with E-state index in [2.05, 4.69) is 31.1 Å². The third kappa shape index (κ3) is 4.81. The minimum atomic E-state index is -0.640. The summed E-state index contributed by atoms with van der Waals surface area (Å²) >= 11 is 0. The quantitative estimate of drug-likeness (QED) is 0.617. The number of allylic oxidation sites excluding steroid dienone is 1. The van der Waals surface area contributed by atoms with Crippen LogP contribution >= 0.6 is 0 Å². The van der Waals surface area contributed by atoms with Crippen LogP contribution in [0.25, 0.3) is 5.57 Å². The van der Waals surface area contributed by atoms with Crippen molar-refractivity contribution in [2.75, 3.05) is 27.4 Å². The van der Waals surface area contributed by atoms with Crippen LogP contribution in [-0.4, -0.2) is 44.3 Å². The molecule has 0 spiro atoms. The molecule has 1 atom stereocenters. The van der Waals surface area contributed by atoms with Crippen molar-refractivity contribution in [1.29, 1.82) is 0 Å². The molecule has 1 aromatic carbocycles. The van der Waals surface area contributed by atoms with E-state index in [-0.39, 0.29) is 6.79 Å². The summed E-state index contributed by atoms with van der Waals surface area (Å²) in [6.07, 6.45) is 5.32. The minimum absolute atomic E-state index is 0.113.